The van der Waals surface area contributed by atoms with Crippen LogP contribution in [-0.4, -0.2) is 98.8 Å². The molecule has 0 heterocycles. The van der Waals surface area contributed by atoms with Crippen molar-refractivity contribution in [3.05, 3.63) is 0 Å². The van der Waals surface area contributed by atoms with E-state index in [-0.39, 0.29) is 42.5 Å². The molecule has 3 saturated carbocycles. The molecule has 0 aliphatic heterocycles. The number of carbonyl (C=O) groups excluding carboxylic acids is 3. The number of alkyl halides is 1. The summed E-state index contributed by atoms with van der Waals surface area (Å²) in [6.07, 6.45) is 15.2. The summed E-state index contributed by atoms with van der Waals surface area (Å²) in [6.45, 7) is 27.5. The second-order valence-corrected chi connectivity index (χ2v) is 21.7. The Hall–Kier alpha value is -1.09. The van der Waals surface area contributed by atoms with E-state index in [4.69, 9.17) is 21.1 Å². The quantitative estimate of drug-likeness (QED) is 0.0910. The van der Waals surface area contributed by atoms with Gasteiger partial charge in [-0.1, -0.05) is 108 Å². The Morgan fingerprint density at radius 3 is 1.22 bits per heavy atom. The fraction of sp³-hybridized carbons (Fsp3) is 0.938. The van der Waals surface area contributed by atoms with Crippen LogP contribution in [0, 0.1) is 59.2 Å². The fourth-order valence-electron chi connectivity index (χ4n) is 9.73. The SMILES string of the molecule is CC1CCC(C(C)C)C(C(Cl)C(=O)[O-])C1.CCCC[N+](C)(C)CC(=O)OC1CC(C)CCC1C(C)C.CCCC[N+](C)(C)CC(=O)OC1CC(C)CCC1C(C)C.[Cl-]. The van der Waals surface area contributed by atoms with Crippen LogP contribution in [0.5, 0.6) is 0 Å². The zero-order chi connectivity index (χ0) is 43.7. The van der Waals surface area contributed by atoms with E-state index in [0.717, 1.165) is 60.6 Å². The molecule has 0 amide bonds. The van der Waals surface area contributed by atoms with Gasteiger partial charge in [-0.3, -0.25) is 0 Å². The van der Waals surface area contributed by atoms with Gasteiger partial charge in [0.15, 0.2) is 13.1 Å². The zero-order valence-electron chi connectivity index (χ0n) is 40.1. The largest absolute Gasteiger partial charge is 1.00 e. The lowest BCUT2D eigenvalue weighted by Crippen LogP contribution is -3.00. The number of carboxylic acid groups (broad SMARTS) is 1. The van der Waals surface area contributed by atoms with Crippen LogP contribution in [0.2, 0.25) is 0 Å². The molecule has 10 unspecified atom stereocenters. The van der Waals surface area contributed by atoms with Crippen molar-refractivity contribution in [1.29, 1.82) is 0 Å². The summed E-state index contributed by atoms with van der Waals surface area (Å²) in [5.41, 5.74) is 0. The first-order valence-corrected chi connectivity index (χ1v) is 23.7. The smallest absolute Gasteiger partial charge is 0.362 e. The Kier molecular flexibility index (Phi) is 27.3. The molecule has 0 spiro atoms. The lowest BCUT2D eigenvalue weighted by Gasteiger charge is -2.40. The second kappa shape index (κ2) is 27.8. The highest BCUT2D eigenvalue weighted by Gasteiger charge is 2.37. The number of esters is 2. The van der Waals surface area contributed by atoms with E-state index < -0.39 is 11.3 Å². The third kappa shape index (κ3) is 21.6. The average molecular weight is 864 g/mol. The van der Waals surface area contributed by atoms with Crippen molar-refractivity contribution in [3.63, 3.8) is 0 Å². The molecule has 58 heavy (non-hydrogen) atoms. The van der Waals surface area contributed by atoms with E-state index in [1.165, 1.54) is 44.9 Å². The number of rotatable bonds is 17. The van der Waals surface area contributed by atoms with Gasteiger partial charge in [-0.05, 0) is 111 Å². The Labute approximate surface area is 369 Å². The molecule has 0 bridgehead atoms. The highest BCUT2D eigenvalue weighted by molar-refractivity contribution is 6.29. The van der Waals surface area contributed by atoms with Crippen LogP contribution in [-0.2, 0) is 23.9 Å². The van der Waals surface area contributed by atoms with E-state index in [1.54, 1.807) is 0 Å². The molecular formula is C48H92Cl2N2O6. The molecule has 0 saturated heterocycles. The van der Waals surface area contributed by atoms with Crippen LogP contribution in [0.4, 0.5) is 0 Å². The van der Waals surface area contributed by atoms with Gasteiger partial charge in [0.25, 0.3) is 0 Å². The van der Waals surface area contributed by atoms with Gasteiger partial charge in [0.1, 0.15) is 12.2 Å². The topological polar surface area (TPSA) is 92.7 Å². The molecule has 3 aliphatic rings. The number of nitrogens with zero attached hydrogens (tertiary/aromatic N) is 2. The molecule has 0 aromatic rings. The van der Waals surface area contributed by atoms with Crippen LogP contribution in [0.25, 0.3) is 0 Å². The molecule has 0 radical (unpaired) electrons. The van der Waals surface area contributed by atoms with Gasteiger partial charge in [0.05, 0.1) is 52.6 Å². The summed E-state index contributed by atoms with van der Waals surface area (Å²) >= 11 is 5.94. The van der Waals surface area contributed by atoms with Crippen molar-refractivity contribution in [2.45, 2.75) is 177 Å². The van der Waals surface area contributed by atoms with Crippen molar-refractivity contribution in [3.8, 4) is 0 Å². The average Bonchev–Trinajstić information content (AvgIpc) is 3.09. The van der Waals surface area contributed by atoms with Crippen molar-refractivity contribution in [2.75, 3.05) is 54.4 Å². The minimum atomic E-state index is -1.11. The Balaban J connectivity index is 0.000000846. The third-order valence-corrected chi connectivity index (χ3v) is 14.0. The first-order chi connectivity index (χ1) is 26.4. The summed E-state index contributed by atoms with van der Waals surface area (Å²) in [4.78, 5) is 35.5. The number of carbonyl (C=O) groups is 3. The molecule has 344 valence electrons. The molecule has 3 fully saturated rings. The zero-order valence-corrected chi connectivity index (χ0v) is 41.6. The molecule has 10 heteroatoms. The summed E-state index contributed by atoms with van der Waals surface area (Å²) in [5.74, 6) is 4.10. The van der Waals surface area contributed by atoms with Gasteiger partial charge >= 0.3 is 11.9 Å². The lowest BCUT2D eigenvalue weighted by atomic mass is 9.69. The molecule has 8 nitrogen and oxygen atoms in total. The highest BCUT2D eigenvalue weighted by atomic mass is 35.5. The number of likely N-dealkylation sites (N-methyl/N-ethyl adjacent to an activating group) is 2. The predicted molar refractivity (Wildman–Crippen MR) is 235 cm³/mol. The lowest BCUT2D eigenvalue weighted by molar-refractivity contribution is -0.883. The number of carboxylic acids is 1. The molecule has 0 aromatic heterocycles. The van der Waals surface area contributed by atoms with Crippen LogP contribution >= 0.6 is 11.6 Å². The van der Waals surface area contributed by atoms with E-state index in [2.05, 4.69) is 104 Å². The summed E-state index contributed by atoms with van der Waals surface area (Å²) < 4.78 is 13.3. The first kappa shape index (κ1) is 56.9. The number of aliphatic carboxylic acids is 1. The predicted octanol–water partition coefficient (Wildman–Crippen LogP) is 6.79. The molecular weight excluding hydrogens is 771 g/mol. The van der Waals surface area contributed by atoms with Crippen molar-refractivity contribution >= 4 is 29.5 Å². The maximum Gasteiger partial charge on any atom is 0.362 e. The van der Waals surface area contributed by atoms with Crippen LogP contribution in [0.15, 0.2) is 0 Å². The number of unbranched alkanes of at least 4 members (excludes halogenated alkanes) is 2. The van der Waals surface area contributed by atoms with Gasteiger partial charge < -0.3 is 40.7 Å². The summed E-state index contributed by atoms with van der Waals surface area (Å²) in [7, 11) is 8.50. The number of hydrogen-bond donors (Lipinski definition) is 0. The van der Waals surface area contributed by atoms with Gasteiger partial charge in [0.2, 0.25) is 0 Å². The molecule has 3 rings (SSSR count). The first-order valence-electron chi connectivity index (χ1n) is 23.3. The Morgan fingerprint density at radius 1 is 0.586 bits per heavy atom. The van der Waals surface area contributed by atoms with Crippen molar-refractivity contribution in [2.24, 2.45) is 59.2 Å². The molecule has 0 N–H and O–H groups in total. The van der Waals surface area contributed by atoms with Crippen LogP contribution in [0.3, 0.4) is 0 Å². The summed E-state index contributed by atoms with van der Waals surface area (Å²) in [5, 5.41) is 10.0. The van der Waals surface area contributed by atoms with Crippen LogP contribution in [0.1, 0.15) is 160 Å². The fourth-order valence-corrected chi connectivity index (χ4v) is 10.0. The minimum absolute atomic E-state index is 0. The Morgan fingerprint density at radius 2 is 0.914 bits per heavy atom. The summed E-state index contributed by atoms with van der Waals surface area (Å²) in [6, 6.07) is 0. The van der Waals surface area contributed by atoms with Crippen LogP contribution < -0.4 is 17.5 Å². The number of quaternary nitrogens is 2. The highest BCUT2D eigenvalue weighted by Crippen LogP contribution is 2.41. The van der Waals surface area contributed by atoms with Gasteiger partial charge in [0, 0.05) is 0 Å². The number of halogens is 2. The van der Waals surface area contributed by atoms with Crippen molar-refractivity contribution in [1.82, 2.24) is 0 Å². The molecule has 0 aromatic carbocycles. The van der Waals surface area contributed by atoms with E-state index in [1.807, 2.05) is 0 Å². The second-order valence-electron chi connectivity index (χ2n) is 21.3. The standard InChI is InChI=1S/2C18H36NO2.C12H21ClO2.ClH/c2*1-7-8-11-19(5,6)13-18(20)21-17-12-15(4)9-10-16(17)14(2)3;1-7(2)9-5-4-8(3)6-10(9)11(13)12(14)15;/h2*14-17H,7-13H2,1-6H3;7-11H,4-6H2,1-3H3,(H,14,15);1H/q2*+1;;/p-2. The maximum absolute atomic E-state index is 12.3. The normalized spacial score (nSPS) is 28.3. The number of hydrogen-bond acceptors (Lipinski definition) is 6. The van der Waals surface area contributed by atoms with E-state index in [9.17, 15) is 19.5 Å². The van der Waals surface area contributed by atoms with Gasteiger partial charge in [-0.25, -0.2) is 9.59 Å². The van der Waals surface area contributed by atoms with Gasteiger partial charge in [-0.15, -0.1) is 11.6 Å². The van der Waals surface area contributed by atoms with Crippen molar-refractivity contribution < 1.29 is 50.3 Å². The monoisotopic (exact) mass is 863 g/mol. The molecule has 10 atom stereocenters. The number of ether oxygens (including phenoxy) is 2. The molecule has 3 aliphatic carbocycles. The van der Waals surface area contributed by atoms with Gasteiger partial charge in [-0.2, -0.15) is 0 Å². The Bertz CT molecular complexity index is 1100. The minimum Gasteiger partial charge on any atom is -1.00 e. The van der Waals surface area contributed by atoms with E-state index >= 15 is 0 Å². The maximum atomic E-state index is 12.3. The third-order valence-electron chi connectivity index (χ3n) is 13.5. The van der Waals surface area contributed by atoms with E-state index in [0.29, 0.717) is 66.4 Å².